The number of nitrogens with one attached hydrogen (secondary N) is 1. The number of methoxy groups -OCH3 is 1. The highest BCUT2D eigenvalue weighted by atomic mass is 16.5. The maximum atomic E-state index is 11.2. The van der Waals surface area contributed by atoms with Gasteiger partial charge in [-0.15, -0.1) is 0 Å². The molecule has 0 spiro atoms. The van der Waals surface area contributed by atoms with Crippen molar-refractivity contribution in [2.75, 3.05) is 13.7 Å². The zero-order chi connectivity index (χ0) is 12.2. The minimum absolute atomic E-state index is 0.0392. The summed E-state index contributed by atoms with van der Waals surface area (Å²) in [6.07, 6.45) is 7.17. The Morgan fingerprint density at radius 3 is 2.62 bits per heavy atom. The molecule has 16 heavy (non-hydrogen) atoms. The summed E-state index contributed by atoms with van der Waals surface area (Å²) >= 11 is 0. The molecule has 0 atom stereocenters. The number of ether oxygens (including phenoxy) is 1. The summed E-state index contributed by atoms with van der Waals surface area (Å²) < 4.78 is 4.76. The largest absolute Gasteiger partial charge is 0.505 e. The Kier molecular flexibility index (Phi) is 9.36. The highest BCUT2D eigenvalue weighted by Crippen LogP contribution is 1.96. The molecule has 0 saturated heterocycles. The van der Waals surface area contributed by atoms with Gasteiger partial charge in [0.1, 0.15) is 5.78 Å². The van der Waals surface area contributed by atoms with Crippen LogP contribution in [0, 0.1) is 0 Å². The summed E-state index contributed by atoms with van der Waals surface area (Å²) in [5.41, 5.74) is 0. The van der Waals surface area contributed by atoms with Crippen LogP contribution in [-0.2, 0) is 14.3 Å². The number of carbonyl (C=O) groups is 2. The third-order valence-corrected chi connectivity index (χ3v) is 2.06. The first-order valence-corrected chi connectivity index (χ1v) is 5.60. The summed E-state index contributed by atoms with van der Waals surface area (Å²) in [6.45, 7) is 2.17. The van der Waals surface area contributed by atoms with E-state index in [-0.39, 0.29) is 11.7 Å². The lowest BCUT2D eigenvalue weighted by molar-refractivity contribution is -0.124. The number of hydrogen-bond donors (Lipinski definition) is 1. The molecule has 0 bridgehead atoms. The molecule has 1 N–H and O–H groups in total. The van der Waals surface area contributed by atoms with E-state index in [9.17, 15) is 9.59 Å². The second kappa shape index (κ2) is 10.2. The monoisotopic (exact) mass is 227 g/mol. The van der Waals surface area contributed by atoms with Crippen molar-refractivity contribution in [3.8, 4) is 0 Å². The molecule has 0 aliphatic rings. The summed E-state index contributed by atoms with van der Waals surface area (Å²) in [5.74, 6) is 0.0162. The zero-order valence-corrected chi connectivity index (χ0v) is 10.1. The van der Waals surface area contributed by atoms with Crippen molar-refractivity contribution in [3.63, 3.8) is 0 Å². The third kappa shape index (κ3) is 10.8. The van der Waals surface area contributed by atoms with Crippen molar-refractivity contribution >= 4 is 11.7 Å². The molecule has 0 aliphatic carbocycles. The molecule has 0 radical (unpaired) electrons. The normalized spacial score (nSPS) is 10.4. The summed E-state index contributed by atoms with van der Waals surface area (Å²) in [4.78, 5) is 21.8. The smallest absolute Gasteiger partial charge is 0.220 e. The van der Waals surface area contributed by atoms with Crippen molar-refractivity contribution in [2.45, 2.75) is 39.0 Å². The lowest BCUT2D eigenvalue weighted by Gasteiger charge is -2.03. The average Bonchev–Trinajstić information content (AvgIpc) is 2.25. The minimum atomic E-state index is -0.0392. The minimum Gasteiger partial charge on any atom is -0.505 e. The van der Waals surface area contributed by atoms with Crippen LogP contribution in [0.2, 0.25) is 0 Å². The fraction of sp³-hybridized carbons (Fsp3) is 0.667. The second-order valence-corrected chi connectivity index (χ2v) is 3.66. The number of ketones is 1. The summed E-state index contributed by atoms with van der Waals surface area (Å²) in [7, 11) is 1.62. The molecule has 0 aromatic rings. The quantitative estimate of drug-likeness (QED) is 0.482. The van der Waals surface area contributed by atoms with Crippen LogP contribution in [0.25, 0.3) is 0 Å². The van der Waals surface area contributed by atoms with E-state index in [2.05, 4.69) is 5.32 Å². The molecule has 0 aromatic carbocycles. The fourth-order valence-electron chi connectivity index (χ4n) is 1.16. The van der Waals surface area contributed by atoms with Gasteiger partial charge in [0.05, 0.1) is 13.4 Å². The van der Waals surface area contributed by atoms with Crippen LogP contribution in [-0.4, -0.2) is 25.3 Å². The van der Waals surface area contributed by atoms with E-state index in [1.165, 1.54) is 6.92 Å². The molecular formula is C12H21NO3. The zero-order valence-electron chi connectivity index (χ0n) is 10.1. The van der Waals surface area contributed by atoms with E-state index in [0.29, 0.717) is 19.4 Å². The van der Waals surface area contributed by atoms with Crippen LogP contribution >= 0.6 is 0 Å². The Morgan fingerprint density at radius 2 is 2.00 bits per heavy atom. The van der Waals surface area contributed by atoms with Crippen molar-refractivity contribution in [3.05, 3.63) is 12.3 Å². The predicted octanol–water partition coefficient (Wildman–Crippen LogP) is 1.80. The van der Waals surface area contributed by atoms with Gasteiger partial charge in [0.25, 0.3) is 0 Å². The van der Waals surface area contributed by atoms with Gasteiger partial charge in [-0.05, 0) is 32.3 Å². The fourth-order valence-corrected chi connectivity index (χ4v) is 1.16. The van der Waals surface area contributed by atoms with E-state index < -0.39 is 0 Å². The summed E-state index contributed by atoms with van der Waals surface area (Å²) in [6, 6.07) is 0. The van der Waals surface area contributed by atoms with Crippen molar-refractivity contribution < 1.29 is 14.3 Å². The number of Topliss-reactive ketones (excluding diaryl/α,β-unsaturated/α-hetero) is 1. The molecule has 0 aliphatic heterocycles. The molecular weight excluding hydrogens is 206 g/mol. The third-order valence-electron chi connectivity index (χ3n) is 2.06. The van der Waals surface area contributed by atoms with Crippen molar-refractivity contribution in [2.24, 2.45) is 0 Å². The van der Waals surface area contributed by atoms with E-state index in [4.69, 9.17) is 4.74 Å². The van der Waals surface area contributed by atoms with Gasteiger partial charge in [0.2, 0.25) is 5.91 Å². The lowest BCUT2D eigenvalue weighted by atomic mass is 10.2. The molecule has 0 aromatic heterocycles. The molecule has 0 heterocycles. The van der Waals surface area contributed by atoms with Crippen LogP contribution in [0.5, 0.6) is 0 Å². The Bertz CT molecular complexity index is 236. The highest BCUT2D eigenvalue weighted by Gasteiger charge is 2.01. The lowest BCUT2D eigenvalue weighted by Crippen LogP contribution is -2.24. The van der Waals surface area contributed by atoms with Gasteiger partial charge >= 0.3 is 0 Å². The van der Waals surface area contributed by atoms with Crippen LogP contribution in [0.4, 0.5) is 0 Å². The molecule has 0 rings (SSSR count). The van der Waals surface area contributed by atoms with Gasteiger partial charge in [-0.2, -0.15) is 0 Å². The van der Waals surface area contributed by atoms with Gasteiger partial charge in [-0.25, -0.2) is 0 Å². The van der Waals surface area contributed by atoms with Crippen LogP contribution in [0.1, 0.15) is 39.0 Å². The number of allylic oxidation sites excluding steroid dienone is 1. The van der Waals surface area contributed by atoms with E-state index >= 15 is 0 Å². The number of carbonyl (C=O) groups excluding carboxylic acids is 2. The standard InChI is InChI=1S/C12H21NO3/c1-11(14)7-8-12(15)13-9-5-3-4-6-10-16-2/h6,10H,3-5,7-9H2,1-2H3,(H,13,15)/b10-6+. The maximum Gasteiger partial charge on any atom is 0.220 e. The van der Waals surface area contributed by atoms with Gasteiger partial charge in [0, 0.05) is 19.4 Å². The van der Waals surface area contributed by atoms with Crippen LogP contribution in [0.3, 0.4) is 0 Å². The molecule has 0 fully saturated rings. The Morgan fingerprint density at radius 1 is 1.25 bits per heavy atom. The maximum absolute atomic E-state index is 11.2. The molecule has 4 heteroatoms. The van der Waals surface area contributed by atoms with E-state index in [1.54, 1.807) is 13.4 Å². The molecule has 1 amide bonds. The van der Waals surface area contributed by atoms with Gasteiger partial charge in [-0.3, -0.25) is 4.79 Å². The van der Waals surface area contributed by atoms with E-state index in [0.717, 1.165) is 19.3 Å². The molecule has 92 valence electrons. The first kappa shape index (κ1) is 14.7. The topological polar surface area (TPSA) is 55.4 Å². The first-order chi connectivity index (χ1) is 7.66. The van der Waals surface area contributed by atoms with Crippen molar-refractivity contribution in [1.82, 2.24) is 5.32 Å². The van der Waals surface area contributed by atoms with E-state index in [1.807, 2.05) is 6.08 Å². The molecule has 0 saturated carbocycles. The second-order valence-electron chi connectivity index (χ2n) is 3.66. The highest BCUT2D eigenvalue weighted by molar-refractivity contribution is 5.83. The van der Waals surface area contributed by atoms with Crippen LogP contribution < -0.4 is 5.32 Å². The first-order valence-electron chi connectivity index (χ1n) is 5.60. The molecule has 4 nitrogen and oxygen atoms in total. The predicted molar refractivity (Wildman–Crippen MR) is 62.9 cm³/mol. The number of unbranched alkanes of at least 4 members (excludes halogenated alkanes) is 2. The number of rotatable bonds is 9. The van der Waals surface area contributed by atoms with Gasteiger partial charge in [0.15, 0.2) is 0 Å². The van der Waals surface area contributed by atoms with Crippen LogP contribution in [0.15, 0.2) is 12.3 Å². The summed E-state index contributed by atoms with van der Waals surface area (Å²) in [5, 5.41) is 2.78. The number of amides is 1. The van der Waals surface area contributed by atoms with Crippen molar-refractivity contribution in [1.29, 1.82) is 0 Å². The number of hydrogen-bond acceptors (Lipinski definition) is 3. The van der Waals surface area contributed by atoms with Gasteiger partial charge < -0.3 is 14.8 Å². The Balaban J connectivity index is 3.27. The Labute approximate surface area is 97.1 Å². The average molecular weight is 227 g/mol. The molecule has 0 unspecified atom stereocenters. The van der Waals surface area contributed by atoms with Gasteiger partial charge in [-0.1, -0.05) is 0 Å². The SMILES string of the molecule is CO/C=C/CCCCNC(=O)CCC(C)=O. The Hall–Kier alpha value is -1.32.